The maximum absolute atomic E-state index is 11.6. The van der Waals surface area contributed by atoms with Crippen molar-refractivity contribution in [2.24, 2.45) is 5.73 Å². The summed E-state index contributed by atoms with van der Waals surface area (Å²) in [6, 6.07) is 0. The van der Waals surface area contributed by atoms with Gasteiger partial charge in [-0.05, 0) is 25.8 Å². The van der Waals surface area contributed by atoms with Crippen LogP contribution >= 0.6 is 0 Å². The smallest absolute Gasteiger partial charge is 0.180 e. The van der Waals surface area contributed by atoms with Crippen LogP contribution in [0.3, 0.4) is 0 Å². The molecule has 0 saturated carbocycles. The molecule has 0 bridgehead atoms. The van der Waals surface area contributed by atoms with Crippen molar-refractivity contribution < 1.29 is 9.53 Å². The second-order valence-electron chi connectivity index (χ2n) is 4.03. The number of rotatable bonds is 6. The molecule has 4 heteroatoms. The predicted molar refractivity (Wildman–Crippen MR) is 67.8 cm³/mol. The molecule has 1 rings (SSSR count). The fourth-order valence-electron chi connectivity index (χ4n) is 1.81. The molecule has 0 amide bonds. The van der Waals surface area contributed by atoms with Gasteiger partial charge in [-0.15, -0.1) is 0 Å². The van der Waals surface area contributed by atoms with Gasteiger partial charge in [-0.1, -0.05) is 6.92 Å². The van der Waals surface area contributed by atoms with E-state index in [0.29, 0.717) is 37.1 Å². The molecule has 3 N–H and O–H groups in total. The van der Waals surface area contributed by atoms with Crippen molar-refractivity contribution in [1.82, 2.24) is 0 Å². The van der Waals surface area contributed by atoms with Crippen LogP contribution < -0.4 is 5.73 Å². The molecule has 0 unspecified atom stereocenters. The summed E-state index contributed by atoms with van der Waals surface area (Å²) in [5.41, 5.74) is 7.08. The predicted octanol–water partition coefficient (Wildman–Crippen LogP) is 2.30. The average Bonchev–Trinajstić information content (AvgIpc) is 2.29. The van der Waals surface area contributed by atoms with E-state index >= 15 is 0 Å². The molecular weight excluding hydrogens is 216 g/mol. The fourth-order valence-corrected chi connectivity index (χ4v) is 1.81. The lowest BCUT2D eigenvalue weighted by Crippen LogP contribution is -2.21. The summed E-state index contributed by atoms with van der Waals surface area (Å²) in [7, 11) is 0. The fraction of sp³-hybridized carbons (Fsp3) is 0.538. The Balaban J connectivity index is 2.81. The number of hydrogen-bond donors (Lipinski definition) is 2. The van der Waals surface area contributed by atoms with Crippen LogP contribution in [0.5, 0.6) is 0 Å². The van der Waals surface area contributed by atoms with Gasteiger partial charge in [0.15, 0.2) is 5.78 Å². The summed E-state index contributed by atoms with van der Waals surface area (Å²) >= 11 is 0. The number of carbonyl (C=O) groups is 1. The topological polar surface area (TPSA) is 76.2 Å². The van der Waals surface area contributed by atoms with Gasteiger partial charge < -0.3 is 10.5 Å². The number of hydrogen-bond acceptors (Lipinski definition) is 4. The molecule has 0 aliphatic heterocycles. The number of Topliss-reactive ketones (excluding diaryl/α,β-unsaturated/α-hetero) is 1. The zero-order chi connectivity index (χ0) is 12.8. The highest BCUT2D eigenvalue weighted by Gasteiger charge is 2.20. The minimum absolute atomic E-state index is 0.0659. The molecule has 0 fully saturated rings. The Morgan fingerprint density at radius 3 is 2.71 bits per heavy atom. The minimum Gasteiger partial charge on any atom is -0.498 e. The van der Waals surface area contributed by atoms with Gasteiger partial charge in [-0.3, -0.25) is 10.2 Å². The van der Waals surface area contributed by atoms with Crippen molar-refractivity contribution >= 4 is 11.5 Å². The highest BCUT2D eigenvalue weighted by molar-refractivity contribution is 6.45. The van der Waals surface area contributed by atoms with E-state index in [2.05, 4.69) is 0 Å². The van der Waals surface area contributed by atoms with Gasteiger partial charge in [0.1, 0.15) is 5.71 Å². The molecule has 0 heterocycles. The molecule has 0 aromatic rings. The third-order valence-corrected chi connectivity index (χ3v) is 2.67. The van der Waals surface area contributed by atoms with Crippen LogP contribution in [0.1, 0.15) is 39.5 Å². The zero-order valence-electron chi connectivity index (χ0n) is 10.5. The second kappa shape index (κ2) is 6.23. The van der Waals surface area contributed by atoms with Crippen molar-refractivity contribution in [1.29, 1.82) is 5.41 Å². The average molecular weight is 236 g/mol. The van der Waals surface area contributed by atoms with Crippen molar-refractivity contribution in [2.45, 2.75) is 39.5 Å². The van der Waals surface area contributed by atoms with Gasteiger partial charge in [-0.2, -0.15) is 0 Å². The van der Waals surface area contributed by atoms with Crippen molar-refractivity contribution in [2.75, 3.05) is 6.61 Å². The molecule has 0 saturated heterocycles. The standard InChI is InChI=1S/C13H20N2O2/c1-3-5-12(16)13(15)10-7-6-9(17-4-2)8-11(10)14/h8,15H,3-7,14H2,1-2H3. The monoisotopic (exact) mass is 236 g/mol. The molecule has 94 valence electrons. The number of carbonyl (C=O) groups excluding carboxylic acids is 1. The number of ether oxygens (including phenoxy) is 1. The van der Waals surface area contributed by atoms with E-state index in [1.165, 1.54) is 0 Å². The van der Waals surface area contributed by atoms with Gasteiger partial charge in [0, 0.05) is 24.1 Å². The van der Waals surface area contributed by atoms with E-state index in [0.717, 1.165) is 12.2 Å². The van der Waals surface area contributed by atoms with Crippen LogP contribution in [-0.2, 0) is 9.53 Å². The Kier molecular flexibility index (Phi) is 4.94. The van der Waals surface area contributed by atoms with Crippen LogP contribution in [0, 0.1) is 5.41 Å². The highest BCUT2D eigenvalue weighted by atomic mass is 16.5. The number of allylic oxidation sites excluding steroid dienone is 3. The van der Waals surface area contributed by atoms with E-state index < -0.39 is 0 Å². The van der Waals surface area contributed by atoms with Crippen LogP contribution in [0.15, 0.2) is 23.1 Å². The Morgan fingerprint density at radius 1 is 1.47 bits per heavy atom. The number of nitrogens with one attached hydrogen (secondary N) is 1. The molecule has 0 atom stereocenters. The van der Waals surface area contributed by atoms with Gasteiger partial charge in [0.2, 0.25) is 0 Å². The maximum Gasteiger partial charge on any atom is 0.180 e. The van der Waals surface area contributed by atoms with Gasteiger partial charge >= 0.3 is 0 Å². The van der Waals surface area contributed by atoms with E-state index in [-0.39, 0.29) is 11.5 Å². The molecular formula is C13H20N2O2. The first kappa shape index (κ1) is 13.5. The Labute approximate surface area is 102 Å². The summed E-state index contributed by atoms with van der Waals surface area (Å²) < 4.78 is 5.38. The highest BCUT2D eigenvalue weighted by Crippen LogP contribution is 2.23. The number of ketones is 1. The normalized spacial score (nSPS) is 15.5. The summed E-state index contributed by atoms with van der Waals surface area (Å²) in [5.74, 6) is 0.711. The Bertz CT molecular complexity index is 381. The quantitative estimate of drug-likeness (QED) is 0.695. The lowest BCUT2D eigenvalue weighted by atomic mass is 9.93. The van der Waals surface area contributed by atoms with E-state index in [9.17, 15) is 4.79 Å². The summed E-state index contributed by atoms with van der Waals surface area (Å²) in [6.45, 7) is 4.46. The molecule has 0 aromatic carbocycles. The van der Waals surface area contributed by atoms with Crippen LogP contribution in [-0.4, -0.2) is 18.1 Å². The molecule has 0 aromatic heterocycles. The molecule has 17 heavy (non-hydrogen) atoms. The lowest BCUT2D eigenvalue weighted by Gasteiger charge is -2.18. The first-order valence-corrected chi connectivity index (χ1v) is 6.04. The summed E-state index contributed by atoms with van der Waals surface area (Å²) in [6.07, 6.45) is 4.24. The third kappa shape index (κ3) is 3.44. The first-order chi connectivity index (χ1) is 8.10. The molecule has 0 radical (unpaired) electrons. The van der Waals surface area contributed by atoms with E-state index in [4.69, 9.17) is 15.9 Å². The summed E-state index contributed by atoms with van der Waals surface area (Å²) in [5, 5.41) is 7.83. The molecule has 1 aliphatic carbocycles. The minimum atomic E-state index is -0.126. The third-order valence-electron chi connectivity index (χ3n) is 2.67. The maximum atomic E-state index is 11.6. The number of nitrogens with two attached hydrogens (primary N) is 1. The Morgan fingerprint density at radius 2 is 2.18 bits per heavy atom. The zero-order valence-corrected chi connectivity index (χ0v) is 10.5. The Hall–Kier alpha value is -1.58. The van der Waals surface area contributed by atoms with Gasteiger partial charge in [-0.25, -0.2) is 0 Å². The van der Waals surface area contributed by atoms with E-state index in [1.54, 1.807) is 6.08 Å². The first-order valence-electron chi connectivity index (χ1n) is 6.04. The van der Waals surface area contributed by atoms with E-state index in [1.807, 2.05) is 13.8 Å². The second-order valence-corrected chi connectivity index (χ2v) is 4.03. The van der Waals surface area contributed by atoms with Crippen LogP contribution in [0.2, 0.25) is 0 Å². The van der Waals surface area contributed by atoms with Crippen LogP contribution in [0.4, 0.5) is 0 Å². The van der Waals surface area contributed by atoms with Gasteiger partial charge in [0.05, 0.1) is 12.4 Å². The van der Waals surface area contributed by atoms with Crippen molar-refractivity contribution in [3.8, 4) is 0 Å². The van der Waals surface area contributed by atoms with Gasteiger partial charge in [0.25, 0.3) is 0 Å². The SMILES string of the molecule is CCCC(=O)C(=N)C1=C(N)C=C(OCC)CC1. The van der Waals surface area contributed by atoms with Crippen molar-refractivity contribution in [3.63, 3.8) is 0 Å². The largest absolute Gasteiger partial charge is 0.498 e. The van der Waals surface area contributed by atoms with Crippen LogP contribution in [0.25, 0.3) is 0 Å². The summed E-state index contributed by atoms with van der Waals surface area (Å²) in [4.78, 5) is 11.6. The molecule has 1 aliphatic rings. The lowest BCUT2D eigenvalue weighted by molar-refractivity contribution is -0.113. The molecule has 0 spiro atoms. The van der Waals surface area contributed by atoms with Crippen molar-refractivity contribution in [3.05, 3.63) is 23.1 Å². The molecule has 4 nitrogen and oxygen atoms in total.